The highest BCUT2D eigenvalue weighted by molar-refractivity contribution is 8.93. The predicted molar refractivity (Wildman–Crippen MR) is 165 cm³/mol. The van der Waals surface area contributed by atoms with E-state index in [1.807, 2.05) is 31.2 Å². The first kappa shape index (κ1) is 38.1. The quantitative estimate of drug-likeness (QED) is 0.150. The zero-order valence-electron chi connectivity index (χ0n) is 21.5. The number of amides is 2. The van der Waals surface area contributed by atoms with Crippen LogP contribution >= 0.6 is 50.9 Å². The first-order valence-corrected chi connectivity index (χ1v) is 11.7. The van der Waals surface area contributed by atoms with Crippen molar-refractivity contribution in [1.29, 1.82) is 0 Å². The number of carbonyl (C=O) groups excluding carboxylic acids is 2. The van der Waals surface area contributed by atoms with Crippen LogP contribution in [-0.2, 0) is 14.4 Å². The Morgan fingerprint density at radius 1 is 1.13 bits per heavy atom. The van der Waals surface area contributed by atoms with E-state index in [-0.39, 0.29) is 63.4 Å². The van der Waals surface area contributed by atoms with Crippen LogP contribution in [0.4, 0.5) is 5.69 Å². The molecule has 0 bridgehead atoms. The lowest BCUT2D eigenvalue weighted by Crippen LogP contribution is -2.50. The monoisotopic (exact) mass is 728 g/mol. The van der Waals surface area contributed by atoms with E-state index >= 15 is 0 Å². The van der Waals surface area contributed by atoms with Crippen LogP contribution in [0.15, 0.2) is 30.5 Å². The van der Waals surface area contributed by atoms with Gasteiger partial charge in [0.2, 0.25) is 11.8 Å². The van der Waals surface area contributed by atoms with Gasteiger partial charge < -0.3 is 37.3 Å². The second kappa shape index (κ2) is 20.0. The van der Waals surface area contributed by atoms with Crippen LogP contribution in [0.25, 0.3) is 10.9 Å². The summed E-state index contributed by atoms with van der Waals surface area (Å²) in [6.07, 6.45) is 3.67. The lowest BCUT2D eigenvalue weighted by Gasteiger charge is -2.18. The summed E-state index contributed by atoms with van der Waals surface area (Å²) in [5.74, 6) is -1.64. The van der Waals surface area contributed by atoms with Gasteiger partial charge in [0.25, 0.3) is 0 Å². The van der Waals surface area contributed by atoms with Crippen molar-refractivity contribution in [3.05, 3.63) is 30.5 Å². The Morgan fingerprint density at radius 3 is 2.47 bits per heavy atom. The summed E-state index contributed by atoms with van der Waals surface area (Å²) in [6.45, 7) is 2.78. The zero-order chi connectivity index (χ0) is 25.8. The van der Waals surface area contributed by atoms with Gasteiger partial charge in [0, 0.05) is 30.2 Å². The first-order chi connectivity index (χ1) is 16.7. The number of carbonyl (C=O) groups is 3. The third-order valence-corrected chi connectivity index (χ3v) is 5.51. The molecule has 38 heavy (non-hydrogen) atoms. The zero-order valence-corrected chi connectivity index (χ0v) is 26.6. The maximum absolute atomic E-state index is 12.2. The minimum absolute atomic E-state index is 0. The van der Waals surface area contributed by atoms with E-state index in [0.717, 1.165) is 28.8 Å². The molecule has 2 amide bonds. The molecule has 1 unspecified atom stereocenters. The molecule has 0 aliphatic carbocycles. The summed E-state index contributed by atoms with van der Waals surface area (Å²) in [6, 6.07) is 5.54. The number of aliphatic carboxylic acids is 1. The number of nitrogens with two attached hydrogens (primary N) is 2. The van der Waals surface area contributed by atoms with E-state index in [0.29, 0.717) is 32.4 Å². The van der Waals surface area contributed by atoms with Crippen LogP contribution in [0.3, 0.4) is 0 Å². The summed E-state index contributed by atoms with van der Waals surface area (Å²) < 4.78 is 5.38. The molecule has 0 radical (unpaired) electrons. The minimum Gasteiger partial charge on any atom is -0.497 e. The van der Waals surface area contributed by atoms with Gasteiger partial charge in [0.05, 0.1) is 30.8 Å². The lowest BCUT2D eigenvalue weighted by atomic mass is 10.1. The number of hydrogen-bond donors (Lipinski definition) is 6. The van der Waals surface area contributed by atoms with E-state index < -0.39 is 29.9 Å². The van der Waals surface area contributed by atoms with Gasteiger partial charge in [-0.15, -0.1) is 50.9 Å². The Morgan fingerprint density at radius 2 is 1.84 bits per heavy atom. The SMILES string of the molecule is Br.Br.Br.COc1cc(NC(C)CCCNC(=O)C[C@@H](NC(=O)[C@@H](N)CCCN)C(=O)O)c2ncccc2c1. The van der Waals surface area contributed by atoms with Crippen LogP contribution in [-0.4, -0.2) is 66.2 Å². The van der Waals surface area contributed by atoms with Gasteiger partial charge in [-0.25, -0.2) is 4.79 Å². The third kappa shape index (κ3) is 12.7. The maximum Gasteiger partial charge on any atom is 0.326 e. The highest BCUT2D eigenvalue weighted by atomic mass is 79.9. The molecule has 0 aliphatic heterocycles. The van der Waals surface area contributed by atoms with Crippen LogP contribution < -0.4 is 32.2 Å². The number of carboxylic acids is 1. The molecule has 8 N–H and O–H groups in total. The highest BCUT2D eigenvalue weighted by Crippen LogP contribution is 2.28. The molecule has 0 saturated heterocycles. The summed E-state index contributed by atoms with van der Waals surface area (Å²) in [5, 5.41) is 18.8. The second-order valence-electron chi connectivity index (χ2n) is 8.43. The standard InChI is InChI=1S/C24H36N6O5.3BrH/c1-15(29-19-13-17(35-2)12-16-7-5-11-28-22(16)19)6-4-10-27-21(31)14-20(24(33)34)30-23(32)18(26)8-3-9-25;;;/h5,7,11-13,15,18,20,29H,3-4,6,8-10,14,25-26H2,1-2H3,(H,27,31)(H,30,32)(H,33,34);3*1H/t15?,18-,20+;;;/m0.../s1. The molecule has 2 rings (SSSR count). The molecular formula is C24H39Br3N6O5. The number of carboxylic acid groups (broad SMARTS) is 1. The van der Waals surface area contributed by atoms with Crippen molar-refractivity contribution in [3.8, 4) is 5.75 Å². The molecule has 1 aromatic carbocycles. The Hall–Kier alpha value is -2.00. The van der Waals surface area contributed by atoms with Gasteiger partial charge in [0.1, 0.15) is 11.8 Å². The van der Waals surface area contributed by atoms with E-state index in [2.05, 4.69) is 20.9 Å². The van der Waals surface area contributed by atoms with Gasteiger partial charge >= 0.3 is 5.97 Å². The average Bonchev–Trinajstić information content (AvgIpc) is 2.84. The maximum atomic E-state index is 12.2. The molecule has 14 heteroatoms. The van der Waals surface area contributed by atoms with E-state index in [1.54, 1.807) is 13.3 Å². The van der Waals surface area contributed by atoms with E-state index in [1.165, 1.54) is 0 Å². The topological polar surface area (TPSA) is 182 Å². The lowest BCUT2D eigenvalue weighted by molar-refractivity contribution is -0.143. The minimum atomic E-state index is -1.35. The number of rotatable bonds is 15. The molecule has 0 saturated carbocycles. The van der Waals surface area contributed by atoms with Crippen LogP contribution in [0.2, 0.25) is 0 Å². The van der Waals surface area contributed by atoms with Crippen molar-refractivity contribution >= 4 is 85.3 Å². The van der Waals surface area contributed by atoms with E-state index in [9.17, 15) is 19.5 Å². The molecule has 3 atom stereocenters. The van der Waals surface area contributed by atoms with Gasteiger partial charge in [-0.3, -0.25) is 14.6 Å². The number of fused-ring (bicyclic) bond motifs is 1. The van der Waals surface area contributed by atoms with Gasteiger partial charge in [-0.2, -0.15) is 0 Å². The van der Waals surface area contributed by atoms with Crippen LogP contribution in [0.5, 0.6) is 5.75 Å². The molecule has 216 valence electrons. The molecule has 0 aliphatic rings. The number of aromatic nitrogens is 1. The molecule has 11 nitrogen and oxygen atoms in total. The Bertz CT molecular complexity index is 1020. The number of anilines is 1. The van der Waals surface area contributed by atoms with Gasteiger partial charge in [0.15, 0.2) is 0 Å². The normalized spacial score (nSPS) is 12.4. The highest BCUT2D eigenvalue weighted by Gasteiger charge is 2.25. The number of benzene rings is 1. The fourth-order valence-electron chi connectivity index (χ4n) is 3.57. The number of methoxy groups -OCH3 is 1. The molecular weight excluding hydrogens is 692 g/mol. The molecule has 0 fully saturated rings. The number of ether oxygens (including phenoxy) is 1. The van der Waals surface area contributed by atoms with Crippen molar-refractivity contribution in [2.45, 2.75) is 57.2 Å². The van der Waals surface area contributed by atoms with Crippen LogP contribution in [0.1, 0.15) is 39.0 Å². The van der Waals surface area contributed by atoms with E-state index in [4.69, 9.17) is 16.2 Å². The third-order valence-electron chi connectivity index (χ3n) is 5.51. The number of nitrogens with zero attached hydrogens (tertiary/aromatic N) is 1. The Balaban J connectivity index is 0. The van der Waals surface area contributed by atoms with Gasteiger partial charge in [-0.1, -0.05) is 6.07 Å². The van der Waals surface area contributed by atoms with Crippen LogP contribution in [0, 0.1) is 0 Å². The fraction of sp³-hybridized carbons (Fsp3) is 0.500. The number of pyridine rings is 1. The Labute approximate surface area is 254 Å². The average molecular weight is 731 g/mol. The second-order valence-corrected chi connectivity index (χ2v) is 8.43. The summed E-state index contributed by atoms with van der Waals surface area (Å²) in [4.78, 5) is 40.2. The summed E-state index contributed by atoms with van der Waals surface area (Å²) in [5.41, 5.74) is 12.8. The molecule has 1 heterocycles. The fourth-order valence-corrected chi connectivity index (χ4v) is 3.57. The van der Waals surface area contributed by atoms with Crippen molar-refractivity contribution in [3.63, 3.8) is 0 Å². The smallest absolute Gasteiger partial charge is 0.326 e. The molecule has 2 aromatic rings. The van der Waals surface area contributed by atoms with Crippen molar-refractivity contribution in [1.82, 2.24) is 15.6 Å². The molecule has 0 spiro atoms. The number of nitrogens with one attached hydrogen (secondary N) is 3. The van der Waals surface area contributed by atoms with Crippen molar-refractivity contribution in [2.24, 2.45) is 11.5 Å². The van der Waals surface area contributed by atoms with Gasteiger partial charge in [-0.05, 0) is 51.3 Å². The Kier molecular flexibility index (Phi) is 20.1. The molecule has 1 aromatic heterocycles. The number of hydrogen-bond acceptors (Lipinski definition) is 8. The largest absolute Gasteiger partial charge is 0.497 e. The van der Waals surface area contributed by atoms with Crippen molar-refractivity contribution < 1.29 is 24.2 Å². The number of halogens is 3. The summed E-state index contributed by atoms with van der Waals surface area (Å²) >= 11 is 0. The first-order valence-electron chi connectivity index (χ1n) is 11.7. The van der Waals surface area contributed by atoms with Crippen molar-refractivity contribution in [2.75, 3.05) is 25.5 Å². The summed E-state index contributed by atoms with van der Waals surface area (Å²) in [7, 11) is 1.62. The predicted octanol–water partition coefficient (Wildman–Crippen LogP) is 2.70.